The fourth-order valence-electron chi connectivity index (χ4n) is 1.40. The smallest absolute Gasteiger partial charge is 0.141 e. The van der Waals surface area contributed by atoms with Gasteiger partial charge in [0.25, 0.3) is 0 Å². The van der Waals surface area contributed by atoms with Crippen LogP contribution in [-0.2, 0) is 0 Å². The summed E-state index contributed by atoms with van der Waals surface area (Å²) in [6.07, 6.45) is 0. The van der Waals surface area contributed by atoms with Crippen molar-refractivity contribution < 1.29 is 8.78 Å². The van der Waals surface area contributed by atoms with Crippen LogP contribution in [-0.4, -0.2) is 7.05 Å². The van der Waals surface area contributed by atoms with Crippen molar-refractivity contribution >= 4 is 34.6 Å². The number of rotatable bonds is 3. The van der Waals surface area contributed by atoms with E-state index in [2.05, 4.69) is 10.3 Å². The minimum absolute atomic E-state index is 0.00521. The van der Waals surface area contributed by atoms with E-state index in [0.717, 1.165) is 0 Å². The van der Waals surface area contributed by atoms with E-state index in [1.54, 1.807) is 7.05 Å². The van der Waals surface area contributed by atoms with Gasteiger partial charge in [-0.3, -0.25) is 0 Å². The molecule has 0 bridgehead atoms. The molecule has 0 radical (unpaired) electrons. The normalized spacial score (nSPS) is 11.1. The van der Waals surface area contributed by atoms with Gasteiger partial charge in [0.15, 0.2) is 0 Å². The zero-order valence-corrected chi connectivity index (χ0v) is 11.8. The Morgan fingerprint density at radius 1 is 0.950 bits per heavy atom. The van der Waals surface area contributed by atoms with Crippen LogP contribution < -0.4 is 5.01 Å². The Morgan fingerprint density at radius 2 is 1.55 bits per heavy atom. The van der Waals surface area contributed by atoms with E-state index >= 15 is 0 Å². The second kappa shape index (κ2) is 6.15. The maximum absolute atomic E-state index is 13.0. The van der Waals surface area contributed by atoms with Gasteiger partial charge < -0.3 is 0 Å². The largest absolute Gasteiger partial charge is 0.250 e. The lowest BCUT2D eigenvalue weighted by molar-refractivity contribution is 0.628. The lowest BCUT2D eigenvalue weighted by Gasteiger charge is -2.11. The molecule has 0 N–H and O–H groups in total. The molecule has 2 rings (SSSR count). The van der Waals surface area contributed by atoms with E-state index in [4.69, 9.17) is 23.2 Å². The summed E-state index contributed by atoms with van der Waals surface area (Å²) in [5.41, 5.74) is 0.963. The molecule has 0 aromatic heterocycles. The Labute approximate surface area is 124 Å². The quantitative estimate of drug-likeness (QED) is 0.550. The molecule has 0 unspecified atom stereocenters. The topological polar surface area (TPSA) is 28.0 Å². The summed E-state index contributed by atoms with van der Waals surface area (Å²) in [5, 5.41) is 9.17. The molecule has 0 aliphatic heterocycles. The first kappa shape index (κ1) is 14.7. The van der Waals surface area contributed by atoms with Crippen LogP contribution in [0.3, 0.4) is 0 Å². The lowest BCUT2D eigenvalue weighted by atomic mass is 10.3. The Bertz CT molecular complexity index is 662. The predicted octanol–water partition coefficient (Wildman–Crippen LogP) is 5.41. The summed E-state index contributed by atoms with van der Waals surface area (Å²) in [6, 6.07) is 8.16. The number of hydrogen-bond acceptors (Lipinski definition) is 2. The number of nitrogens with zero attached hydrogens (tertiary/aromatic N) is 3. The molecule has 0 aliphatic carbocycles. The molecule has 0 atom stereocenters. The first-order chi connectivity index (χ1) is 9.47. The molecule has 20 heavy (non-hydrogen) atoms. The first-order valence-electron chi connectivity index (χ1n) is 5.53. The van der Waals surface area contributed by atoms with E-state index in [-0.39, 0.29) is 10.0 Å². The standard InChI is InChI=1S/C13H9Cl2F2N3/c1-20(9-3-5-13(17)11(15)7-9)19-18-8-2-4-12(16)10(14)6-8/h2-7H,1H3. The van der Waals surface area contributed by atoms with Gasteiger partial charge in [0.05, 0.1) is 21.4 Å². The molecule has 0 saturated carbocycles. The van der Waals surface area contributed by atoms with Crippen LogP contribution in [0, 0.1) is 11.6 Å². The molecule has 0 spiro atoms. The molecule has 0 fully saturated rings. The monoisotopic (exact) mass is 315 g/mol. The molecule has 0 saturated heterocycles. The van der Waals surface area contributed by atoms with E-state index in [9.17, 15) is 8.78 Å². The highest BCUT2D eigenvalue weighted by atomic mass is 35.5. The van der Waals surface area contributed by atoms with Crippen LogP contribution in [0.5, 0.6) is 0 Å². The number of benzene rings is 2. The molecule has 0 aliphatic rings. The van der Waals surface area contributed by atoms with Crippen molar-refractivity contribution in [2.75, 3.05) is 12.1 Å². The predicted molar refractivity (Wildman–Crippen MR) is 75.7 cm³/mol. The number of hydrogen-bond donors (Lipinski definition) is 0. The first-order valence-corrected chi connectivity index (χ1v) is 6.28. The van der Waals surface area contributed by atoms with Gasteiger partial charge in [-0.25, -0.2) is 13.8 Å². The van der Waals surface area contributed by atoms with Gasteiger partial charge >= 0.3 is 0 Å². The lowest BCUT2D eigenvalue weighted by Crippen LogP contribution is -2.07. The molecule has 2 aromatic carbocycles. The van der Waals surface area contributed by atoms with Crippen LogP contribution >= 0.6 is 23.2 Å². The summed E-state index contributed by atoms with van der Waals surface area (Å²) >= 11 is 11.3. The summed E-state index contributed by atoms with van der Waals surface area (Å²) in [7, 11) is 1.62. The van der Waals surface area contributed by atoms with Crippen LogP contribution in [0.25, 0.3) is 0 Å². The van der Waals surface area contributed by atoms with Crippen molar-refractivity contribution in [2.45, 2.75) is 0 Å². The van der Waals surface area contributed by atoms with Crippen molar-refractivity contribution in [2.24, 2.45) is 10.3 Å². The zero-order valence-electron chi connectivity index (χ0n) is 10.3. The zero-order chi connectivity index (χ0) is 14.7. The highest BCUT2D eigenvalue weighted by molar-refractivity contribution is 6.31. The molecule has 0 heterocycles. The van der Waals surface area contributed by atoms with Crippen LogP contribution in [0.4, 0.5) is 20.2 Å². The number of halogens is 4. The molecule has 2 aromatic rings. The summed E-state index contributed by atoms with van der Waals surface area (Å²) in [4.78, 5) is 0. The summed E-state index contributed by atoms with van der Waals surface area (Å²) in [6.45, 7) is 0. The van der Waals surface area contributed by atoms with Crippen molar-refractivity contribution in [3.63, 3.8) is 0 Å². The van der Waals surface area contributed by atoms with E-state index in [0.29, 0.717) is 11.4 Å². The third-order valence-corrected chi connectivity index (χ3v) is 3.05. The Hall–Kier alpha value is -1.72. The van der Waals surface area contributed by atoms with Crippen LogP contribution in [0.2, 0.25) is 10.0 Å². The minimum atomic E-state index is -0.524. The van der Waals surface area contributed by atoms with Gasteiger partial charge in [-0.05, 0) is 36.4 Å². The average molecular weight is 316 g/mol. The van der Waals surface area contributed by atoms with Crippen molar-refractivity contribution in [1.82, 2.24) is 0 Å². The Kier molecular flexibility index (Phi) is 4.52. The second-order valence-corrected chi connectivity index (χ2v) is 4.72. The maximum atomic E-state index is 13.0. The molecule has 0 amide bonds. The molecule has 7 heteroatoms. The maximum Gasteiger partial charge on any atom is 0.141 e. The average Bonchev–Trinajstić information content (AvgIpc) is 2.43. The molecular formula is C13H9Cl2F2N3. The third kappa shape index (κ3) is 3.43. The van der Waals surface area contributed by atoms with E-state index in [1.165, 1.54) is 41.4 Å². The van der Waals surface area contributed by atoms with Gasteiger partial charge in [0, 0.05) is 7.05 Å². The van der Waals surface area contributed by atoms with Crippen molar-refractivity contribution in [3.8, 4) is 0 Å². The van der Waals surface area contributed by atoms with E-state index < -0.39 is 11.6 Å². The van der Waals surface area contributed by atoms with Gasteiger partial charge in [0.2, 0.25) is 0 Å². The fraction of sp³-hybridized carbons (Fsp3) is 0.0769. The second-order valence-electron chi connectivity index (χ2n) is 3.91. The van der Waals surface area contributed by atoms with Crippen molar-refractivity contribution in [3.05, 3.63) is 58.1 Å². The van der Waals surface area contributed by atoms with Gasteiger partial charge in [0.1, 0.15) is 11.6 Å². The van der Waals surface area contributed by atoms with Crippen LogP contribution in [0.15, 0.2) is 46.7 Å². The Morgan fingerprint density at radius 3 is 2.15 bits per heavy atom. The molecule has 3 nitrogen and oxygen atoms in total. The van der Waals surface area contributed by atoms with Gasteiger partial charge in [-0.15, -0.1) is 5.11 Å². The van der Waals surface area contributed by atoms with Crippen molar-refractivity contribution in [1.29, 1.82) is 0 Å². The third-order valence-electron chi connectivity index (χ3n) is 2.47. The van der Waals surface area contributed by atoms with Crippen LogP contribution in [0.1, 0.15) is 0 Å². The minimum Gasteiger partial charge on any atom is -0.250 e. The van der Waals surface area contributed by atoms with Gasteiger partial charge in [-0.2, -0.15) is 0 Å². The highest BCUT2D eigenvalue weighted by Gasteiger charge is 2.05. The molecule has 104 valence electrons. The molecular weight excluding hydrogens is 307 g/mol. The summed E-state index contributed by atoms with van der Waals surface area (Å²) < 4.78 is 26.0. The SMILES string of the molecule is CN(N=Nc1ccc(F)c(Cl)c1)c1ccc(F)c(Cl)c1. The Balaban J connectivity index is 2.17. The fourth-order valence-corrected chi connectivity index (χ4v) is 1.75. The number of anilines is 1. The van der Waals surface area contributed by atoms with Gasteiger partial charge in [-0.1, -0.05) is 28.4 Å². The van der Waals surface area contributed by atoms with E-state index in [1.807, 2.05) is 0 Å². The highest BCUT2D eigenvalue weighted by Crippen LogP contribution is 2.24. The summed E-state index contributed by atoms with van der Waals surface area (Å²) in [5.74, 6) is -1.03.